The van der Waals surface area contributed by atoms with E-state index in [-0.39, 0.29) is 11.3 Å². The third-order valence-electron chi connectivity index (χ3n) is 3.44. The summed E-state index contributed by atoms with van der Waals surface area (Å²) in [5, 5.41) is 16.3. The zero-order chi connectivity index (χ0) is 18.6. The van der Waals surface area contributed by atoms with Crippen LogP contribution in [0.5, 0.6) is 0 Å². The number of carbonyl (C=O) groups is 2. The van der Waals surface area contributed by atoms with Gasteiger partial charge in [0.05, 0.1) is 15.6 Å². The van der Waals surface area contributed by atoms with E-state index in [0.29, 0.717) is 10.7 Å². The topological polar surface area (TPSA) is 101 Å². The molecular formula is C17H16ClN3O4. The minimum Gasteiger partial charge on any atom is -0.341 e. The van der Waals surface area contributed by atoms with Crippen molar-refractivity contribution in [3.63, 3.8) is 0 Å². The minimum absolute atomic E-state index is 0.0993. The van der Waals surface area contributed by atoms with Crippen LogP contribution in [0.15, 0.2) is 42.5 Å². The van der Waals surface area contributed by atoms with E-state index >= 15 is 0 Å². The molecule has 2 N–H and O–H groups in total. The molecular weight excluding hydrogens is 346 g/mol. The Bertz CT molecular complexity index is 838. The number of halogens is 1. The zero-order valence-electron chi connectivity index (χ0n) is 13.6. The summed E-state index contributed by atoms with van der Waals surface area (Å²) in [6.45, 7) is 3.38. The molecule has 1 atom stereocenters. The highest BCUT2D eigenvalue weighted by molar-refractivity contribution is 6.33. The Balaban J connectivity index is 2.04. The predicted octanol–water partition coefficient (Wildman–Crippen LogP) is 3.31. The molecule has 0 aliphatic carbocycles. The van der Waals surface area contributed by atoms with Crippen molar-refractivity contribution in [1.29, 1.82) is 0 Å². The lowest BCUT2D eigenvalue weighted by Crippen LogP contribution is -2.41. The van der Waals surface area contributed by atoms with Gasteiger partial charge in [0.15, 0.2) is 0 Å². The zero-order valence-corrected chi connectivity index (χ0v) is 14.3. The molecule has 130 valence electrons. The summed E-state index contributed by atoms with van der Waals surface area (Å²) < 4.78 is 0. The molecule has 7 nitrogen and oxygen atoms in total. The molecule has 0 aromatic heterocycles. The average molecular weight is 362 g/mol. The minimum atomic E-state index is -0.857. The van der Waals surface area contributed by atoms with Crippen molar-refractivity contribution < 1.29 is 14.5 Å². The number of nitrogens with one attached hydrogen (secondary N) is 2. The second-order valence-electron chi connectivity index (χ2n) is 5.48. The Morgan fingerprint density at radius 1 is 1.20 bits per heavy atom. The van der Waals surface area contributed by atoms with Crippen molar-refractivity contribution >= 4 is 34.8 Å². The first kappa shape index (κ1) is 18.4. The number of anilines is 1. The Labute approximate surface area is 149 Å². The second kappa shape index (κ2) is 7.76. The number of hydrogen-bond acceptors (Lipinski definition) is 4. The van der Waals surface area contributed by atoms with Gasteiger partial charge in [0.2, 0.25) is 5.91 Å². The quantitative estimate of drug-likeness (QED) is 0.630. The Kier molecular flexibility index (Phi) is 5.71. The van der Waals surface area contributed by atoms with Gasteiger partial charge in [-0.15, -0.1) is 0 Å². The molecule has 0 fully saturated rings. The number of amides is 2. The molecule has 0 bridgehead atoms. The fourth-order valence-corrected chi connectivity index (χ4v) is 2.35. The lowest BCUT2D eigenvalue weighted by Gasteiger charge is -2.15. The van der Waals surface area contributed by atoms with Crippen LogP contribution < -0.4 is 10.6 Å². The summed E-state index contributed by atoms with van der Waals surface area (Å²) in [5.41, 5.74) is 1.29. The van der Waals surface area contributed by atoms with Gasteiger partial charge in [0.1, 0.15) is 6.04 Å². The van der Waals surface area contributed by atoms with Crippen molar-refractivity contribution in [3.8, 4) is 0 Å². The van der Waals surface area contributed by atoms with Crippen LogP contribution in [0.25, 0.3) is 0 Å². The van der Waals surface area contributed by atoms with Crippen LogP contribution in [-0.4, -0.2) is 22.8 Å². The molecule has 2 aromatic rings. The van der Waals surface area contributed by atoms with Gasteiger partial charge < -0.3 is 10.6 Å². The molecule has 1 unspecified atom stereocenters. The summed E-state index contributed by atoms with van der Waals surface area (Å²) in [6.07, 6.45) is 0. The third-order valence-corrected chi connectivity index (χ3v) is 3.76. The standard InChI is InChI=1S/C17H16ClN3O4/c1-10-6-7-15(14(18)8-10)20-16(22)11(2)19-17(23)12-4-3-5-13(9-12)21(24)25/h3-9,11H,1-2H3,(H,19,23)(H,20,22). The van der Waals surface area contributed by atoms with Crippen LogP contribution in [0, 0.1) is 17.0 Å². The number of carbonyl (C=O) groups excluding carboxylic acids is 2. The first-order valence-corrected chi connectivity index (χ1v) is 7.78. The van der Waals surface area contributed by atoms with Crippen molar-refractivity contribution in [2.45, 2.75) is 19.9 Å². The number of hydrogen-bond donors (Lipinski definition) is 2. The highest BCUT2D eigenvalue weighted by Crippen LogP contribution is 2.22. The number of benzene rings is 2. The molecule has 2 aromatic carbocycles. The van der Waals surface area contributed by atoms with Gasteiger partial charge in [0, 0.05) is 17.7 Å². The number of non-ortho nitro benzene ring substituents is 1. The Hall–Kier alpha value is -2.93. The van der Waals surface area contributed by atoms with Gasteiger partial charge in [0.25, 0.3) is 11.6 Å². The van der Waals surface area contributed by atoms with Gasteiger partial charge >= 0.3 is 0 Å². The molecule has 0 spiro atoms. The van der Waals surface area contributed by atoms with Gasteiger partial charge in [-0.1, -0.05) is 23.7 Å². The Morgan fingerprint density at radius 3 is 2.56 bits per heavy atom. The van der Waals surface area contributed by atoms with Gasteiger partial charge in [-0.2, -0.15) is 0 Å². The molecule has 0 aliphatic heterocycles. The number of nitro groups is 1. The highest BCUT2D eigenvalue weighted by atomic mass is 35.5. The van der Waals surface area contributed by atoms with Crippen molar-refractivity contribution in [3.05, 3.63) is 68.7 Å². The van der Waals surface area contributed by atoms with E-state index in [9.17, 15) is 19.7 Å². The number of nitro benzene ring substituents is 1. The van der Waals surface area contributed by atoms with Crippen LogP contribution in [0.3, 0.4) is 0 Å². The molecule has 2 amide bonds. The monoisotopic (exact) mass is 361 g/mol. The summed E-state index contributed by atoms with van der Waals surface area (Å²) in [6, 6.07) is 9.60. The summed E-state index contributed by atoms with van der Waals surface area (Å²) in [4.78, 5) is 34.5. The maximum absolute atomic E-state index is 12.2. The van der Waals surface area contributed by atoms with Crippen LogP contribution in [0.4, 0.5) is 11.4 Å². The number of aryl methyl sites for hydroxylation is 1. The van der Waals surface area contributed by atoms with E-state index in [4.69, 9.17) is 11.6 Å². The maximum atomic E-state index is 12.2. The second-order valence-corrected chi connectivity index (χ2v) is 5.88. The molecule has 0 heterocycles. The maximum Gasteiger partial charge on any atom is 0.270 e. The molecule has 25 heavy (non-hydrogen) atoms. The van der Waals surface area contributed by atoms with Crippen molar-refractivity contribution in [2.75, 3.05) is 5.32 Å². The number of nitrogens with zero attached hydrogens (tertiary/aromatic N) is 1. The first-order valence-electron chi connectivity index (χ1n) is 7.40. The van der Waals surface area contributed by atoms with E-state index in [1.54, 1.807) is 18.2 Å². The van der Waals surface area contributed by atoms with Crippen LogP contribution in [-0.2, 0) is 4.79 Å². The lowest BCUT2D eigenvalue weighted by molar-refractivity contribution is -0.384. The van der Waals surface area contributed by atoms with Gasteiger partial charge in [-0.05, 0) is 37.6 Å². The molecule has 2 rings (SSSR count). The highest BCUT2D eigenvalue weighted by Gasteiger charge is 2.19. The summed E-state index contributed by atoms with van der Waals surface area (Å²) >= 11 is 6.06. The third kappa shape index (κ3) is 4.77. The van der Waals surface area contributed by atoms with Crippen LogP contribution >= 0.6 is 11.6 Å². The predicted molar refractivity (Wildman–Crippen MR) is 94.8 cm³/mol. The van der Waals surface area contributed by atoms with Crippen LogP contribution in [0.1, 0.15) is 22.8 Å². The number of rotatable bonds is 5. The average Bonchev–Trinajstić information content (AvgIpc) is 2.57. The normalized spacial score (nSPS) is 11.5. The van der Waals surface area contributed by atoms with Crippen molar-refractivity contribution in [2.24, 2.45) is 0 Å². The fourth-order valence-electron chi connectivity index (χ4n) is 2.07. The molecule has 0 saturated carbocycles. The summed E-state index contributed by atoms with van der Waals surface area (Å²) in [7, 11) is 0. The summed E-state index contributed by atoms with van der Waals surface area (Å²) in [5.74, 6) is -1.04. The van der Waals surface area contributed by atoms with Gasteiger partial charge in [-0.3, -0.25) is 19.7 Å². The van der Waals surface area contributed by atoms with E-state index in [2.05, 4.69) is 10.6 Å². The first-order chi connectivity index (χ1) is 11.8. The molecule has 0 aliphatic rings. The lowest BCUT2D eigenvalue weighted by atomic mass is 10.1. The fraction of sp³-hybridized carbons (Fsp3) is 0.176. The largest absolute Gasteiger partial charge is 0.341 e. The molecule has 0 saturated heterocycles. The van der Waals surface area contributed by atoms with E-state index in [1.807, 2.05) is 6.92 Å². The van der Waals surface area contributed by atoms with E-state index in [0.717, 1.165) is 11.6 Å². The van der Waals surface area contributed by atoms with E-state index in [1.165, 1.54) is 25.1 Å². The SMILES string of the molecule is Cc1ccc(NC(=O)C(C)NC(=O)c2cccc([N+](=O)[O-])c2)c(Cl)c1. The molecule has 8 heteroatoms. The smallest absolute Gasteiger partial charge is 0.270 e. The van der Waals surface area contributed by atoms with Crippen molar-refractivity contribution in [1.82, 2.24) is 5.32 Å². The Morgan fingerprint density at radius 2 is 1.92 bits per heavy atom. The van der Waals surface area contributed by atoms with E-state index < -0.39 is 22.8 Å². The van der Waals surface area contributed by atoms with Crippen LogP contribution in [0.2, 0.25) is 5.02 Å². The molecule has 0 radical (unpaired) electrons. The van der Waals surface area contributed by atoms with Gasteiger partial charge in [-0.25, -0.2) is 0 Å².